The lowest BCUT2D eigenvalue weighted by Gasteiger charge is -2.15. The molecule has 8 heteroatoms. The fourth-order valence-electron chi connectivity index (χ4n) is 2.97. The summed E-state index contributed by atoms with van der Waals surface area (Å²) in [7, 11) is 0. The number of nitrogens with two attached hydrogens (primary N) is 1. The van der Waals surface area contributed by atoms with Crippen LogP contribution in [0.5, 0.6) is 0 Å². The van der Waals surface area contributed by atoms with E-state index >= 15 is 0 Å². The van der Waals surface area contributed by atoms with Crippen LogP contribution in [0.15, 0.2) is 24.3 Å². The Kier molecular flexibility index (Phi) is 4.83. The Morgan fingerprint density at radius 3 is 2.65 bits per heavy atom. The molecule has 1 aromatic carbocycles. The van der Waals surface area contributed by atoms with E-state index in [1.807, 2.05) is 20.8 Å². The van der Waals surface area contributed by atoms with Crippen LogP contribution in [0.3, 0.4) is 0 Å². The van der Waals surface area contributed by atoms with Crippen LogP contribution in [0, 0.1) is 19.7 Å². The standard InChI is InChI=1S/C18H21FN6O/c1-10(13-4-6-14(19)7-5-13)21-16(26)9-8-15-11(2)22-18-23-17(20)24-25(18)12(15)3/h4-7,10H,8-9H2,1-3H3,(H2,20,24)(H,21,26). The number of carbonyl (C=O) groups is 1. The number of benzene rings is 1. The minimum atomic E-state index is -0.296. The molecule has 1 amide bonds. The van der Waals surface area contributed by atoms with Crippen LogP contribution in [0.2, 0.25) is 0 Å². The second-order valence-electron chi connectivity index (χ2n) is 6.28. The molecule has 0 fully saturated rings. The molecule has 3 aromatic rings. The molecule has 2 aromatic heterocycles. The lowest BCUT2D eigenvalue weighted by atomic mass is 10.1. The second-order valence-corrected chi connectivity index (χ2v) is 6.28. The van der Waals surface area contributed by atoms with E-state index in [1.165, 1.54) is 12.1 Å². The molecule has 1 unspecified atom stereocenters. The van der Waals surface area contributed by atoms with Crippen LogP contribution in [0.4, 0.5) is 10.3 Å². The van der Waals surface area contributed by atoms with Crippen molar-refractivity contribution in [1.82, 2.24) is 24.9 Å². The molecule has 0 saturated heterocycles. The van der Waals surface area contributed by atoms with Gasteiger partial charge in [-0.1, -0.05) is 12.1 Å². The van der Waals surface area contributed by atoms with Crippen LogP contribution in [-0.2, 0) is 11.2 Å². The zero-order chi connectivity index (χ0) is 18.8. The summed E-state index contributed by atoms with van der Waals surface area (Å²) in [6.45, 7) is 5.66. The summed E-state index contributed by atoms with van der Waals surface area (Å²) < 4.78 is 14.6. The van der Waals surface area contributed by atoms with E-state index in [-0.39, 0.29) is 23.7 Å². The number of nitrogen functional groups attached to an aromatic ring is 1. The van der Waals surface area contributed by atoms with Crippen molar-refractivity contribution in [3.63, 3.8) is 0 Å². The van der Waals surface area contributed by atoms with Crippen LogP contribution < -0.4 is 11.1 Å². The maximum atomic E-state index is 13.0. The predicted octanol–water partition coefficient (Wildman–Crippen LogP) is 2.27. The van der Waals surface area contributed by atoms with Crippen molar-refractivity contribution < 1.29 is 9.18 Å². The van der Waals surface area contributed by atoms with E-state index in [2.05, 4.69) is 20.4 Å². The molecule has 26 heavy (non-hydrogen) atoms. The number of anilines is 1. The summed E-state index contributed by atoms with van der Waals surface area (Å²) in [6.07, 6.45) is 0.840. The van der Waals surface area contributed by atoms with Gasteiger partial charge in [0.1, 0.15) is 5.82 Å². The first-order valence-electron chi connectivity index (χ1n) is 8.38. The molecule has 2 heterocycles. The zero-order valence-corrected chi connectivity index (χ0v) is 15.0. The van der Waals surface area contributed by atoms with Gasteiger partial charge in [0.2, 0.25) is 11.9 Å². The number of hydrogen-bond acceptors (Lipinski definition) is 5. The third kappa shape index (κ3) is 3.63. The first-order chi connectivity index (χ1) is 12.3. The summed E-state index contributed by atoms with van der Waals surface area (Å²) in [4.78, 5) is 20.8. The quantitative estimate of drug-likeness (QED) is 0.731. The van der Waals surface area contributed by atoms with E-state index in [1.54, 1.807) is 16.6 Å². The lowest BCUT2D eigenvalue weighted by Crippen LogP contribution is -2.27. The van der Waals surface area contributed by atoms with Crippen molar-refractivity contribution in [3.8, 4) is 0 Å². The van der Waals surface area contributed by atoms with Crippen LogP contribution in [0.1, 0.15) is 41.9 Å². The smallest absolute Gasteiger partial charge is 0.254 e. The highest BCUT2D eigenvalue weighted by atomic mass is 19.1. The molecule has 7 nitrogen and oxygen atoms in total. The van der Waals surface area contributed by atoms with E-state index in [0.29, 0.717) is 18.6 Å². The number of hydrogen-bond donors (Lipinski definition) is 2. The minimum absolute atomic E-state index is 0.0844. The Morgan fingerprint density at radius 2 is 1.96 bits per heavy atom. The van der Waals surface area contributed by atoms with Gasteiger partial charge in [0.05, 0.1) is 6.04 Å². The fraction of sp³-hybridized carbons (Fsp3) is 0.333. The van der Waals surface area contributed by atoms with Gasteiger partial charge in [-0.2, -0.15) is 9.50 Å². The number of aromatic nitrogens is 4. The molecule has 0 aliphatic rings. The number of carbonyl (C=O) groups excluding carboxylic acids is 1. The van der Waals surface area contributed by atoms with E-state index < -0.39 is 0 Å². The molecule has 0 bridgehead atoms. The van der Waals surface area contributed by atoms with Crippen LogP contribution in [0.25, 0.3) is 5.78 Å². The van der Waals surface area contributed by atoms with Gasteiger partial charge in [0.25, 0.3) is 5.78 Å². The summed E-state index contributed by atoms with van der Waals surface area (Å²) in [5.74, 6) is 0.243. The topological polar surface area (TPSA) is 98.2 Å². The highest BCUT2D eigenvalue weighted by Gasteiger charge is 2.15. The molecular weight excluding hydrogens is 335 g/mol. The molecule has 1 atom stereocenters. The average Bonchev–Trinajstić information content (AvgIpc) is 2.95. The van der Waals surface area contributed by atoms with Gasteiger partial charge >= 0.3 is 0 Å². The van der Waals surface area contributed by atoms with Gasteiger partial charge in [-0.25, -0.2) is 9.37 Å². The second kappa shape index (κ2) is 7.07. The molecule has 0 aliphatic carbocycles. The van der Waals surface area contributed by atoms with E-state index in [4.69, 9.17) is 5.73 Å². The van der Waals surface area contributed by atoms with Gasteiger partial charge in [-0.3, -0.25) is 4.79 Å². The lowest BCUT2D eigenvalue weighted by molar-refractivity contribution is -0.121. The number of fused-ring (bicyclic) bond motifs is 1. The third-order valence-electron chi connectivity index (χ3n) is 4.41. The summed E-state index contributed by atoms with van der Waals surface area (Å²) in [6, 6.07) is 5.91. The molecular formula is C18H21FN6O. The number of amides is 1. The van der Waals surface area contributed by atoms with Gasteiger partial charge in [-0.15, -0.1) is 5.10 Å². The van der Waals surface area contributed by atoms with Gasteiger partial charge in [0.15, 0.2) is 0 Å². The molecule has 0 aliphatic heterocycles. The first-order valence-corrected chi connectivity index (χ1v) is 8.38. The van der Waals surface area contributed by atoms with Gasteiger partial charge in [-0.05, 0) is 50.5 Å². The average molecular weight is 356 g/mol. The Labute approximate surface area is 150 Å². The minimum Gasteiger partial charge on any atom is -0.366 e. The van der Waals surface area contributed by atoms with E-state index in [0.717, 1.165) is 22.5 Å². The molecule has 136 valence electrons. The number of nitrogens with one attached hydrogen (secondary N) is 1. The number of nitrogens with zero attached hydrogens (tertiary/aromatic N) is 4. The Bertz CT molecular complexity index is 950. The SMILES string of the molecule is Cc1nc2nc(N)nn2c(C)c1CCC(=O)NC(C)c1ccc(F)cc1. The maximum absolute atomic E-state index is 13.0. The molecule has 0 radical (unpaired) electrons. The van der Waals surface area contributed by atoms with Crippen molar-refractivity contribution in [3.05, 3.63) is 52.6 Å². The van der Waals surface area contributed by atoms with Crippen molar-refractivity contribution in [1.29, 1.82) is 0 Å². The van der Waals surface area contributed by atoms with Crippen LogP contribution in [-0.4, -0.2) is 25.5 Å². The maximum Gasteiger partial charge on any atom is 0.254 e. The fourth-order valence-corrected chi connectivity index (χ4v) is 2.97. The van der Waals surface area contributed by atoms with Crippen LogP contribution >= 0.6 is 0 Å². The van der Waals surface area contributed by atoms with Crippen molar-refractivity contribution >= 4 is 17.6 Å². The van der Waals surface area contributed by atoms with Gasteiger partial charge < -0.3 is 11.1 Å². The monoisotopic (exact) mass is 356 g/mol. The Hall–Kier alpha value is -3.03. The predicted molar refractivity (Wildman–Crippen MR) is 95.9 cm³/mol. The highest BCUT2D eigenvalue weighted by Crippen LogP contribution is 2.17. The molecule has 0 saturated carbocycles. The normalized spacial score (nSPS) is 12.3. The summed E-state index contributed by atoms with van der Waals surface area (Å²) in [5, 5.41) is 7.06. The Morgan fingerprint density at radius 1 is 1.27 bits per heavy atom. The first kappa shape index (κ1) is 17.8. The number of halogens is 1. The van der Waals surface area contributed by atoms with Crippen molar-refractivity contribution in [2.24, 2.45) is 0 Å². The Balaban J connectivity index is 1.67. The molecule has 0 spiro atoms. The highest BCUT2D eigenvalue weighted by molar-refractivity contribution is 5.76. The van der Waals surface area contributed by atoms with Crippen molar-refractivity contribution in [2.45, 2.75) is 39.7 Å². The number of rotatable bonds is 5. The zero-order valence-electron chi connectivity index (χ0n) is 15.0. The number of aryl methyl sites for hydroxylation is 2. The molecule has 3 N–H and O–H groups in total. The van der Waals surface area contributed by atoms with Gasteiger partial charge in [0, 0.05) is 17.8 Å². The molecule has 3 rings (SSSR count). The van der Waals surface area contributed by atoms with Crippen molar-refractivity contribution in [2.75, 3.05) is 5.73 Å². The van der Waals surface area contributed by atoms with E-state index in [9.17, 15) is 9.18 Å². The summed E-state index contributed by atoms with van der Waals surface area (Å²) in [5.41, 5.74) is 9.11. The summed E-state index contributed by atoms with van der Waals surface area (Å²) >= 11 is 0. The largest absolute Gasteiger partial charge is 0.366 e. The third-order valence-corrected chi connectivity index (χ3v) is 4.41.